The summed E-state index contributed by atoms with van der Waals surface area (Å²) in [5.74, 6) is -1.78. The normalized spacial score (nSPS) is 11.8. The van der Waals surface area contributed by atoms with Gasteiger partial charge in [-0.2, -0.15) is 5.26 Å². The summed E-state index contributed by atoms with van der Waals surface area (Å²) in [6.45, 7) is -0.328. The Labute approximate surface area is 116 Å². The minimum atomic E-state index is -1.20. The number of amides is 1. The van der Waals surface area contributed by atoms with Gasteiger partial charge < -0.3 is 15.5 Å². The maximum absolute atomic E-state index is 11.6. The van der Waals surface area contributed by atoms with Crippen LogP contribution in [-0.4, -0.2) is 34.7 Å². The first-order valence-corrected chi connectivity index (χ1v) is 5.89. The summed E-state index contributed by atoms with van der Waals surface area (Å²) in [4.78, 5) is 22.3. The Bertz CT molecular complexity index is 561. The number of rotatable bonds is 6. The molecule has 1 rings (SSSR count). The molecule has 0 heterocycles. The Morgan fingerprint density at radius 2 is 2.20 bits per heavy atom. The van der Waals surface area contributed by atoms with Crippen LogP contribution in [0.3, 0.4) is 0 Å². The van der Waals surface area contributed by atoms with E-state index in [-0.39, 0.29) is 13.0 Å². The smallest absolute Gasteiger partial charge is 0.326 e. The van der Waals surface area contributed by atoms with Crippen molar-refractivity contribution in [2.24, 2.45) is 0 Å². The van der Waals surface area contributed by atoms with Gasteiger partial charge >= 0.3 is 5.97 Å². The topological polar surface area (TPSA) is 110 Å². The fraction of sp³-hybridized carbons (Fsp3) is 0.214. The second kappa shape index (κ2) is 7.71. The van der Waals surface area contributed by atoms with Crippen LogP contribution >= 0.6 is 0 Å². The lowest BCUT2D eigenvalue weighted by molar-refractivity contribution is -0.141. The Morgan fingerprint density at radius 3 is 2.80 bits per heavy atom. The van der Waals surface area contributed by atoms with Crippen LogP contribution in [0, 0.1) is 11.3 Å². The van der Waals surface area contributed by atoms with Crippen LogP contribution in [0.5, 0.6) is 0 Å². The van der Waals surface area contributed by atoms with Crippen molar-refractivity contribution in [1.82, 2.24) is 5.32 Å². The van der Waals surface area contributed by atoms with E-state index >= 15 is 0 Å². The molecule has 0 fully saturated rings. The molecule has 0 aliphatic carbocycles. The molecule has 1 aromatic rings. The van der Waals surface area contributed by atoms with E-state index in [4.69, 9.17) is 15.5 Å². The number of nitrogens with zero attached hydrogens (tertiary/aromatic N) is 1. The summed E-state index contributed by atoms with van der Waals surface area (Å²) in [5, 5.41) is 28.5. The van der Waals surface area contributed by atoms with E-state index in [0.717, 1.165) is 0 Å². The predicted molar refractivity (Wildman–Crippen MR) is 71.5 cm³/mol. The van der Waals surface area contributed by atoms with E-state index < -0.39 is 17.9 Å². The molecular weight excluding hydrogens is 260 g/mol. The summed E-state index contributed by atoms with van der Waals surface area (Å²) in [5.41, 5.74) is 1.13. The molecule has 6 nitrogen and oxygen atoms in total. The largest absolute Gasteiger partial charge is 0.480 e. The highest BCUT2D eigenvalue weighted by Gasteiger charge is 2.17. The number of carbonyl (C=O) groups is 2. The average molecular weight is 274 g/mol. The molecule has 0 saturated carbocycles. The Balaban J connectivity index is 2.67. The van der Waals surface area contributed by atoms with Gasteiger partial charge in [-0.1, -0.05) is 12.1 Å². The van der Waals surface area contributed by atoms with Gasteiger partial charge in [0, 0.05) is 19.1 Å². The molecule has 0 saturated heterocycles. The van der Waals surface area contributed by atoms with Crippen LogP contribution in [0.15, 0.2) is 30.3 Å². The second-order valence-electron chi connectivity index (χ2n) is 3.98. The van der Waals surface area contributed by atoms with E-state index in [1.807, 2.05) is 6.07 Å². The minimum Gasteiger partial charge on any atom is -0.480 e. The molecule has 1 unspecified atom stereocenters. The number of aliphatic hydroxyl groups is 1. The third-order valence-electron chi connectivity index (χ3n) is 2.48. The van der Waals surface area contributed by atoms with Crippen LogP contribution in [0.25, 0.3) is 6.08 Å². The highest BCUT2D eigenvalue weighted by Crippen LogP contribution is 2.06. The molecule has 1 atom stereocenters. The first-order chi connectivity index (χ1) is 9.56. The third kappa shape index (κ3) is 4.92. The van der Waals surface area contributed by atoms with Crippen LogP contribution in [-0.2, 0) is 9.59 Å². The molecule has 1 amide bonds. The molecule has 0 aromatic heterocycles. The van der Waals surface area contributed by atoms with Crippen LogP contribution in [0.2, 0.25) is 0 Å². The number of carboxylic acids is 1. The minimum absolute atomic E-state index is 0.0567. The van der Waals surface area contributed by atoms with Crippen molar-refractivity contribution >= 4 is 18.0 Å². The van der Waals surface area contributed by atoms with Gasteiger partial charge in [-0.3, -0.25) is 4.79 Å². The van der Waals surface area contributed by atoms with Crippen molar-refractivity contribution in [3.05, 3.63) is 41.5 Å². The molecule has 3 N–H and O–H groups in total. The standard InChI is InChI=1S/C14H14N2O4/c15-9-11-3-1-2-10(8-11)4-5-13(18)16-12(6-7-17)14(19)20/h1-5,8,12,17H,6-7H2,(H,16,18)(H,19,20)/b5-4+. The van der Waals surface area contributed by atoms with E-state index in [9.17, 15) is 9.59 Å². The zero-order valence-corrected chi connectivity index (χ0v) is 10.6. The van der Waals surface area contributed by atoms with Gasteiger partial charge in [0.25, 0.3) is 0 Å². The first-order valence-electron chi connectivity index (χ1n) is 5.89. The lowest BCUT2D eigenvalue weighted by Gasteiger charge is -2.11. The molecule has 0 aliphatic heterocycles. The lowest BCUT2D eigenvalue weighted by Crippen LogP contribution is -2.40. The van der Waals surface area contributed by atoms with Gasteiger partial charge in [0.1, 0.15) is 6.04 Å². The summed E-state index contributed by atoms with van der Waals surface area (Å²) in [6.07, 6.45) is 2.61. The zero-order valence-electron chi connectivity index (χ0n) is 10.6. The van der Waals surface area contributed by atoms with Crippen molar-refractivity contribution in [2.45, 2.75) is 12.5 Å². The fourth-order valence-electron chi connectivity index (χ4n) is 1.49. The number of carbonyl (C=O) groups excluding carboxylic acids is 1. The average Bonchev–Trinajstić information content (AvgIpc) is 2.44. The maximum atomic E-state index is 11.6. The second-order valence-corrected chi connectivity index (χ2v) is 3.98. The highest BCUT2D eigenvalue weighted by atomic mass is 16.4. The summed E-state index contributed by atoms with van der Waals surface area (Å²) >= 11 is 0. The van der Waals surface area contributed by atoms with Crippen molar-refractivity contribution < 1.29 is 19.8 Å². The van der Waals surface area contributed by atoms with E-state index in [2.05, 4.69) is 5.32 Å². The quantitative estimate of drug-likeness (QED) is 0.655. The van der Waals surface area contributed by atoms with Gasteiger partial charge in [-0.15, -0.1) is 0 Å². The molecule has 1 aromatic carbocycles. The lowest BCUT2D eigenvalue weighted by atomic mass is 10.1. The SMILES string of the molecule is N#Cc1cccc(/C=C/C(=O)NC(CCO)C(=O)O)c1. The molecule has 6 heteroatoms. The van der Waals surface area contributed by atoms with Gasteiger partial charge in [-0.25, -0.2) is 4.79 Å². The molecule has 20 heavy (non-hydrogen) atoms. The van der Waals surface area contributed by atoms with Crippen molar-refractivity contribution in [2.75, 3.05) is 6.61 Å². The van der Waals surface area contributed by atoms with Crippen molar-refractivity contribution in [3.8, 4) is 6.07 Å². The molecule has 0 aliphatic rings. The van der Waals surface area contributed by atoms with Gasteiger partial charge in [0.2, 0.25) is 5.91 Å². The van der Waals surface area contributed by atoms with Gasteiger partial charge in [0.15, 0.2) is 0 Å². The summed E-state index contributed by atoms with van der Waals surface area (Å²) < 4.78 is 0. The molecule has 104 valence electrons. The molecule has 0 radical (unpaired) electrons. The Hall–Kier alpha value is -2.65. The van der Waals surface area contributed by atoms with E-state index in [0.29, 0.717) is 11.1 Å². The summed E-state index contributed by atoms with van der Waals surface area (Å²) in [7, 11) is 0. The van der Waals surface area contributed by atoms with Crippen molar-refractivity contribution in [3.63, 3.8) is 0 Å². The number of carboxylic acid groups (broad SMARTS) is 1. The van der Waals surface area contributed by atoms with Crippen molar-refractivity contribution in [1.29, 1.82) is 5.26 Å². The monoisotopic (exact) mass is 274 g/mol. The fourth-order valence-corrected chi connectivity index (χ4v) is 1.49. The van der Waals surface area contributed by atoms with Crippen LogP contribution in [0.1, 0.15) is 17.5 Å². The number of hydrogen-bond donors (Lipinski definition) is 3. The van der Waals surface area contributed by atoms with Crippen LogP contribution < -0.4 is 5.32 Å². The predicted octanol–water partition coefficient (Wildman–Crippen LogP) is 0.523. The van der Waals surface area contributed by atoms with E-state index in [1.54, 1.807) is 24.3 Å². The molecule has 0 bridgehead atoms. The molecule has 0 spiro atoms. The number of aliphatic hydroxyl groups excluding tert-OH is 1. The van der Waals surface area contributed by atoms with Gasteiger partial charge in [0.05, 0.1) is 11.6 Å². The first kappa shape index (κ1) is 15.4. The zero-order chi connectivity index (χ0) is 15.0. The number of hydrogen-bond acceptors (Lipinski definition) is 4. The number of nitrogens with one attached hydrogen (secondary N) is 1. The third-order valence-corrected chi connectivity index (χ3v) is 2.48. The Morgan fingerprint density at radius 1 is 1.45 bits per heavy atom. The summed E-state index contributed by atoms with van der Waals surface area (Å²) in [6, 6.07) is 7.50. The van der Waals surface area contributed by atoms with Crippen LogP contribution in [0.4, 0.5) is 0 Å². The van der Waals surface area contributed by atoms with E-state index in [1.165, 1.54) is 12.2 Å². The Kier molecular flexibility index (Phi) is 5.94. The highest BCUT2D eigenvalue weighted by molar-refractivity contribution is 5.94. The number of nitriles is 1. The maximum Gasteiger partial charge on any atom is 0.326 e. The molecular formula is C14H14N2O4. The van der Waals surface area contributed by atoms with Gasteiger partial charge in [-0.05, 0) is 23.8 Å². The number of aliphatic carboxylic acids is 1. The number of benzene rings is 1.